The SMILES string of the molecule is COC(=O)c1cc(S(=O)(=O)NCc2cccc(OCc3ccccn3)c2)ccc1Br. The smallest absolute Gasteiger partial charge is 0.339 e. The summed E-state index contributed by atoms with van der Waals surface area (Å²) in [5, 5.41) is 0. The molecule has 1 N–H and O–H groups in total. The van der Waals surface area contributed by atoms with Crippen LogP contribution in [0.2, 0.25) is 0 Å². The maximum absolute atomic E-state index is 12.7. The van der Waals surface area contributed by atoms with Gasteiger partial charge in [-0.2, -0.15) is 0 Å². The standard InChI is InChI=1S/C21H19BrN2O5S/c1-28-21(25)19-12-18(8-9-20(19)22)30(26,27)24-13-15-5-4-7-17(11-15)29-14-16-6-2-3-10-23-16/h2-12,24H,13-14H2,1H3. The number of rotatable bonds is 8. The number of esters is 1. The fraction of sp³-hybridized carbons (Fsp3) is 0.143. The molecule has 156 valence electrons. The van der Waals surface area contributed by atoms with E-state index in [1.807, 2.05) is 18.2 Å². The highest BCUT2D eigenvalue weighted by Gasteiger charge is 2.19. The van der Waals surface area contributed by atoms with Crippen molar-refractivity contribution in [1.82, 2.24) is 9.71 Å². The Kier molecular flexibility index (Phi) is 7.20. The molecule has 0 bridgehead atoms. The molecule has 9 heteroatoms. The summed E-state index contributed by atoms with van der Waals surface area (Å²) in [4.78, 5) is 16.0. The first-order valence-corrected chi connectivity index (χ1v) is 11.2. The van der Waals surface area contributed by atoms with Gasteiger partial charge in [-0.3, -0.25) is 4.98 Å². The molecule has 3 aromatic rings. The average molecular weight is 491 g/mol. The third-order valence-corrected chi connectivity index (χ3v) is 6.22. The van der Waals surface area contributed by atoms with Crippen LogP contribution in [0.25, 0.3) is 0 Å². The number of nitrogens with one attached hydrogen (secondary N) is 1. The number of halogens is 1. The number of hydrogen-bond donors (Lipinski definition) is 1. The second-order valence-corrected chi connectivity index (χ2v) is 8.84. The molecule has 0 amide bonds. The van der Waals surface area contributed by atoms with Crippen LogP contribution in [-0.4, -0.2) is 26.5 Å². The van der Waals surface area contributed by atoms with E-state index in [4.69, 9.17) is 4.74 Å². The highest BCUT2D eigenvalue weighted by Crippen LogP contribution is 2.22. The van der Waals surface area contributed by atoms with Gasteiger partial charge in [-0.05, 0) is 64.0 Å². The quantitative estimate of drug-likeness (QED) is 0.483. The number of hydrogen-bond acceptors (Lipinski definition) is 6. The summed E-state index contributed by atoms with van der Waals surface area (Å²) in [5.41, 5.74) is 1.65. The molecule has 0 spiro atoms. The number of benzene rings is 2. The average Bonchev–Trinajstić information content (AvgIpc) is 2.77. The predicted molar refractivity (Wildman–Crippen MR) is 115 cm³/mol. The second kappa shape index (κ2) is 9.84. The third-order valence-electron chi connectivity index (χ3n) is 4.13. The van der Waals surface area contributed by atoms with Gasteiger partial charge in [0.15, 0.2) is 0 Å². The number of methoxy groups -OCH3 is 1. The molecule has 0 fully saturated rings. The van der Waals surface area contributed by atoms with Crippen LogP contribution in [0.3, 0.4) is 0 Å². The molecule has 0 aliphatic carbocycles. The van der Waals surface area contributed by atoms with E-state index in [-0.39, 0.29) is 17.0 Å². The van der Waals surface area contributed by atoms with Gasteiger partial charge in [-0.1, -0.05) is 18.2 Å². The fourth-order valence-corrected chi connectivity index (χ4v) is 4.04. The predicted octanol–water partition coefficient (Wildman–Crippen LogP) is 3.69. The van der Waals surface area contributed by atoms with Crippen molar-refractivity contribution in [3.8, 4) is 5.75 Å². The molecule has 0 radical (unpaired) electrons. The summed E-state index contributed by atoms with van der Waals surface area (Å²) in [7, 11) is -2.60. The largest absolute Gasteiger partial charge is 0.487 e. The van der Waals surface area contributed by atoms with E-state index in [2.05, 4.69) is 30.4 Å². The number of carbonyl (C=O) groups is 1. The van der Waals surface area contributed by atoms with Crippen LogP contribution in [0.1, 0.15) is 21.6 Å². The van der Waals surface area contributed by atoms with Gasteiger partial charge < -0.3 is 9.47 Å². The van der Waals surface area contributed by atoms with Gasteiger partial charge >= 0.3 is 5.97 Å². The van der Waals surface area contributed by atoms with Gasteiger partial charge in [-0.25, -0.2) is 17.9 Å². The minimum atomic E-state index is -3.84. The van der Waals surface area contributed by atoms with E-state index in [0.29, 0.717) is 16.8 Å². The van der Waals surface area contributed by atoms with Crippen molar-refractivity contribution in [3.05, 3.63) is 88.2 Å². The Hall–Kier alpha value is -2.75. The van der Waals surface area contributed by atoms with Crippen molar-refractivity contribution in [3.63, 3.8) is 0 Å². The number of carbonyl (C=O) groups excluding carboxylic acids is 1. The van der Waals surface area contributed by atoms with Gasteiger partial charge in [0, 0.05) is 17.2 Å². The maximum Gasteiger partial charge on any atom is 0.339 e. The number of aromatic nitrogens is 1. The highest BCUT2D eigenvalue weighted by molar-refractivity contribution is 9.10. The number of nitrogens with zero attached hydrogens (tertiary/aromatic N) is 1. The molecule has 30 heavy (non-hydrogen) atoms. The normalized spacial score (nSPS) is 11.1. The van der Waals surface area contributed by atoms with Crippen molar-refractivity contribution < 1.29 is 22.7 Å². The molecule has 0 atom stereocenters. The van der Waals surface area contributed by atoms with Crippen molar-refractivity contribution in [2.45, 2.75) is 18.0 Å². The maximum atomic E-state index is 12.7. The summed E-state index contributed by atoms with van der Waals surface area (Å²) < 4.78 is 38.7. The van der Waals surface area contributed by atoms with E-state index < -0.39 is 16.0 Å². The molecule has 1 aromatic heterocycles. The van der Waals surface area contributed by atoms with Crippen LogP contribution in [0.5, 0.6) is 5.75 Å². The van der Waals surface area contributed by atoms with Gasteiger partial charge in [0.1, 0.15) is 12.4 Å². The molecule has 3 rings (SSSR count). The summed E-state index contributed by atoms with van der Waals surface area (Å²) in [5.74, 6) is -0.0225. The van der Waals surface area contributed by atoms with E-state index in [0.717, 1.165) is 11.3 Å². The van der Waals surface area contributed by atoms with Crippen LogP contribution in [0.4, 0.5) is 0 Å². The minimum absolute atomic E-state index is 0.0337. The lowest BCUT2D eigenvalue weighted by Crippen LogP contribution is -2.23. The van der Waals surface area contributed by atoms with E-state index in [1.54, 1.807) is 30.5 Å². The first-order valence-electron chi connectivity index (χ1n) is 8.88. The topological polar surface area (TPSA) is 94.6 Å². The first kappa shape index (κ1) is 21.9. The highest BCUT2D eigenvalue weighted by atomic mass is 79.9. The molecule has 0 unspecified atom stereocenters. The van der Waals surface area contributed by atoms with Crippen LogP contribution in [-0.2, 0) is 27.9 Å². The van der Waals surface area contributed by atoms with Gasteiger partial charge in [-0.15, -0.1) is 0 Å². The van der Waals surface area contributed by atoms with Gasteiger partial charge in [0.05, 0.1) is 23.3 Å². The zero-order valence-corrected chi connectivity index (χ0v) is 18.4. The van der Waals surface area contributed by atoms with Crippen LogP contribution in [0, 0.1) is 0 Å². The summed E-state index contributed by atoms with van der Waals surface area (Å²) >= 11 is 3.22. The Bertz CT molecular complexity index is 1140. The molecular weight excluding hydrogens is 472 g/mol. The molecule has 0 aliphatic rings. The van der Waals surface area contributed by atoms with E-state index in [1.165, 1.54) is 25.3 Å². The Balaban J connectivity index is 1.68. The summed E-state index contributed by atoms with van der Waals surface area (Å²) in [6.07, 6.45) is 1.69. The third kappa shape index (κ3) is 5.65. The minimum Gasteiger partial charge on any atom is -0.487 e. The Morgan fingerprint density at radius 1 is 1.10 bits per heavy atom. The van der Waals surface area contributed by atoms with E-state index in [9.17, 15) is 13.2 Å². The van der Waals surface area contributed by atoms with Gasteiger partial charge in [0.2, 0.25) is 10.0 Å². The number of pyridine rings is 1. The lowest BCUT2D eigenvalue weighted by Gasteiger charge is -2.11. The van der Waals surface area contributed by atoms with E-state index >= 15 is 0 Å². The van der Waals surface area contributed by atoms with Crippen LogP contribution >= 0.6 is 15.9 Å². The zero-order valence-electron chi connectivity index (χ0n) is 16.0. The Morgan fingerprint density at radius 3 is 2.67 bits per heavy atom. The molecule has 0 saturated heterocycles. The van der Waals surface area contributed by atoms with Crippen molar-refractivity contribution in [1.29, 1.82) is 0 Å². The van der Waals surface area contributed by atoms with Crippen molar-refractivity contribution in [2.75, 3.05) is 7.11 Å². The zero-order chi connectivity index (χ0) is 21.6. The molecule has 0 aliphatic heterocycles. The second-order valence-electron chi connectivity index (χ2n) is 6.21. The summed E-state index contributed by atoms with van der Waals surface area (Å²) in [6, 6.07) is 16.9. The molecule has 1 heterocycles. The lowest BCUT2D eigenvalue weighted by molar-refractivity contribution is 0.0599. The Labute approximate surface area is 183 Å². The molecule has 0 saturated carbocycles. The van der Waals surface area contributed by atoms with Gasteiger partial charge in [0.25, 0.3) is 0 Å². The number of sulfonamides is 1. The molecular formula is C21H19BrN2O5S. The fourth-order valence-electron chi connectivity index (χ4n) is 2.59. The van der Waals surface area contributed by atoms with Crippen molar-refractivity contribution in [2.24, 2.45) is 0 Å². The monoisotopic (exact) mass is 490 g/mol. The Morgan fingerprint density at radius 2 is 1.93 bits per heavy atom. The van der Waals surface area contributed by atoms with Crippen molar-refractivity contribution >= 4 is 31.9 Å². The van der Waals surface area contributed by atoms with Crippen LogP contribution in [0.15, 0.2) is 76.2 Å². The van der Waals surface area contributed by atoms with Crippen LogP contribution < -0.4 is 9.46 Å². The molecule has 7 nitrogen and oxygen atoms in total. The molecule has 2 aromatic carbocycles. The summed E-state index contributed by atoms with van der Waals surface area (Å²) in [6.45, 7) is 0.373. The first-order chi connectivity index (χ1) is 14.4. The number of ether oxygens (including phenoxy) is 2. The lowest BCUT2D eigenvalue weighted by atomic mass is 10.2.